The second-order valence-electron chi connectivity index (χ2n) is 4.91. The van der Waals surface area contributed by atoms with Gasteiger partial charge >= 0.3 is 0 Å². The zero-order valence-electron chi connectivity index (χ0n) is 10.5. The monoisotopic (exact) mass is 259 g/mol. The minimum Gasteiger partial charge on any atom is -0.306 e. The Labute approximate surface area is 112 Å². The number of aromatic nitrogens is 1. The topological polar surface area (TPSA) is 24.9 Å². The van der Waals surface area contributed by atoms with E-state index in [0.29, 0.717) is 0 Å². The van der Waals surface area contributed by atoms with E-state index in [-0.39, 0.29) is 0 Å². The average molecular weight is 259 g/mol. The van der Waals surface area contributed by atoms with Crippen LogP contribution >= 0.6 is 11.3 Å². The quantitative estimate of drug-likeness (QED) is 0.836. The Hall–Kier alpha value is -1.23. The number of nitrogens with zero attached hydrogens (tertiary/aromatic N) is 2. The van der Waals surface area contributed by atoms with Gasteiger partial charge in [-0.1, -0.05) is 0 Å². The van der Waals surface area contributed by atoms with Gasteiger partial charge in [0.1, 0.15) is 0 Å². The average Bonchev–Trinajstić information content (AvgIpc) is 2.94. The van der Waals surface area contributed by atoms with Crippen LogP contribution in [0.2, 0.25) is 0 Å². The first-order valence-corrected chi connectivity index (χ1v) is 7.08. The predicted octanol–water partition coefficient (Wildman–Crippen LogP) is 2.15. The molecule has 4 heteroatoms. The van der Waals surface area contributed by atoms with Crippen molar-refractivity contribution in [2.45, 2.75) is 0 Å². The first-order chi connectivity index (χ1) is 8.78. The molecule has 2 aromatic heterocycles. The zero-order chi connectivity index (χ0) is 12.4. The number of hydrogen-bond acceptors (Lipinski definition) is 3. The number of hydrogen-bond donors (Lipinski definition) is 1. The summed E-state index contributed by atoms with van der Waals surface area (Å²) in [5.74, 6) is 1.17. The summed E-state index contributed by atoms with van der Waals surface area (Å²) in [5, 5.41) is 6.55. The van der Waals surface area contributed by atoms with Gasteiger partial charge in [-0.25, -0.2) is 4.98 Å². The van der Waals surface area contributed by atoms with E-state index in [0.717, 1.165) is 30.7 Å². The van der Waals surface area contributed by atoms with E-state index in [2.05, 4.69) is 40.9 Å². The van der Waals surface area contributed by atoms with Crippen molar-refractivity contribution in [3.63, 3.8) is 0 Å². The Morgan fingerprint density at radius 2 is 2.17 bits per heavy atom. The molecule has 0 aromatic carbocycles. The molecule has 1 saturated heterocycles. The van der Waals surface area contributed by atoms with Gasteiger partial charge in [-0.3, -0.25) is 4.48 Å². The van der Waals surface area contributed by atoms with E-state index >= 15 is 0 Å². The first kappa shape index (κ1) is 11.8. The van der Waals surface area contributed by atoms with Gasteiger partial charge in [0.05, 0.1) is 20.1 Å². The number of quaternary nitrogens is 1. The van der Waals surface area contributed by atoms with Crippen LogP contribution in [-0.2, 0) is 0 Å². The number of pyridine rings is 1. The lowest BCUT2D eigenvalue weighted by Crippen LogP contribution is -2.57. The maximum Gasteiger partial charge on any atom is 0.227 e. The fourth-order valence-corrected chi connectivity index (χ4v) is 3.02. The summed E-state index contributed by atoms with van der Waals surface area (Å²) >= 11 is 1.66. The molecule has 3 nitrogen and oxygen atoms in total. The van der Waals surface area contributed by atoms with Crippen molar-refractivity contribution < 1.29 is 0 Å². The zero-order valence-corrected chi connectivity index (χ0v) is 11.3. The minimum atomic E-state index is 0.927. The molecule has 93 valence electrons. The van der Waals surface area contributed by atoms with Crippen molar-refractivity contribution >= 4 is 17.2 Å². The summed E-state index contributed by atoms with van der Waals surface area (Å²) in [7, 11) is 2.27. The highest BCUT2D eigenvalue weighted by Crippen LogP contribution is 2.28. The van der Waals surface area contributed by atoms with Gasteiger partial charge < -0.3 is 5.32 Å². The SMILES string of the molecule is C[N+]1(c2cc(-c3cc[c]s3)ccn2)CCNCC1. The Kier molecular flexibility index (Phi) is 3.16. The van der Waals surface area contributed by atoms with Gasteiger partial charge in [0, 0.05) is 41.2 Å². The molecule has 0 amide bonds. The second kappa shape index (κ2) is 4.80. The molecular weight excluding hydrogens is 242 g/mol. The molecule has 1 radical (unpaired) electrons. The second-order valence-corrected chi connectivity index (χ2v) is 5.79. The maximum absolute atomic E-state index is 4.58. The van der Waals surface area contributed by atoms with Crippen LogP contribution in [0.4, 0.5) is 5.82 Å². The van der Waals surface area contributed by atoms with Crippen molar-refractivity contribution in [3.05, 3.63) is 35.8 Å². The predicted molar refractivity (Wildman–Crippen MR) is 76.7 cm³/mol. The standard InChI is InChI=1S/C14H17N3S/c1-17(8-6-15-7-9-17)14-11-12(4-5-16-14)13-3-2-10-18-13/h2-5,11,15H,6-9H2,1H3/q+1. The van der Waals surface area contributed by atoms with E-state index in [1.165, 1.54) is 16.3 Å². The molecular formula is C14H17N3S+. The summed E-state index contributed by atoms with van der Waals surface area (Å²) in [5.41, 5.74) is 1.25. The van der Waals surface area contributed by atoms with Crippen LogP contribution in [0.5, 0.6) is 0 Å². The number of rotatable bonds is 2. The molecule has 0 bridgehead atoms. The van der Waals surface area contributed by atoms with Crippen molar-refractivity contribution in [1.29, 1.82) is 0 Å². The van der Waals surface area contributed by atoms with Crippen molar-refractivity contribution in [3.8, 4) is 10.4 Å². The molecule has 1 aliphatic heterocycles. The van der Waals surface area contributed by atoms with Crippen LogP contribution in [0.15, 0.2) is 30.5 Å². The molecule has 1 aliphatic rings. The van der Waals surface area contributed by atoms with E-state index in [4.69, 9.17) is 0 Å². The summed E-state index contributed by atoms with van der Waals surface area (Å²) in [6.07, 6.45) is 1.93. The van der Waals surface area contributed by atoms with E-state index in [9.17, 15) is 0 Å². The van der Waals surface area contributed by atoms with Gasteiger partial charge in [0.2, 0.25) is 5.82 Å². The lowest BCUT2D eigenvalue weighted by molar-refractivity contribution is 0.282. The van der Waals surface area contributed by atoms with Gasteiger partial charge in [0.15, 0.2) is 0 Å². The highest BCUT2D eigenvalue weighted by atomic mass is 32.1. The van der Waals surface area contributed by atoms with E-state index in [1.54, 1.807) is 11.3 Å². The van der Waals surface area contributed by atoms with Crippen molar-refractivity contribution in [2.24, 2.45) is 0 Å². The lowest BCUT2D eigenvalue weighted by atomic mass is 10.2. The van der Waals surface area contributed by atoms with Crippen LogP contribution in [-0.4, -0.2) is 38.2 Å². The number of likely N-dealkylation sites (N-methyl/N-ethyl adjacent to an activating group) is 1. The Bertz CT molecular complexity index is 516. The molecule has 3 rings (SSSR count). The third-order valence-electron chi connectivity index (χ3n) is 3.62. The Morgan fingerprint density at radius 1 is 1.33 bits per heavy atom. The van der Waals surface area contributed by atoms with Crippen LogP contribution in [0.3, 0.4) is 0 Å². The summed E-state index contributed by atoms with van der Waals surface area (Å²) in [6.45, 7) is 4.34. The Morgan fingerprint density at radius 3 is 2.89 bits per heavy atom. The van der Waals surface area contributed by atoms with Gasteiger partial charge in [-0.2, -0.15) is 0 Å². The normalized spacial score (nSPS) is 18.7. The molecule has 18 heavy (non-hydrogen) atoms. The fraction of sp³-hybridized carbons (Fsp3) is 0.357. The highest BCUT2D eigenvalue weighted by Gasteiger charge is 2.28. The van der Waals surface area contributed by atoms with Gasteiger partial charge in [-0.05, 0) is 18.2 Å². The van der Waals surface area contributed by atoms with Crippen LogP contribution in [0.25, 0.3) is 10.4 Å². The fourth-order valence-electron chi connectivity index (χ4n) is 2.38. The minimum absolute atomic E-state index is 0.927. The first-order valence-electron chi connectivity index (χ1n) is 6.26. The van der Waals surface area contributed by atoms with E-state index < -0.39 is 0 Å². The third kappa shape index (κ3) is 2.19. The molecule has 0 saturated carbocycles. The van der Waals surface area contributed by atoms with Gasteiger partial charge in [-0.15, -0.1) is 11.3 Å². The summed E-state index contributed by atoms with van der Waals surface area (Å²) in [6, 6.07) is 8.39. The largest absolute Gasteiger partial charge is 0.306 e. The summed E-state index contributed by atoms with van der Waals surface area (Å²) in [4.78, 5) is 5.85. The molecule has 3 heterocycles. The highest BCUT2D eigenvalue weighted by molar-refractivity contribution is 7.13. The number of nitrogens with one attached hydrogen (secondary N) is 1. The number of piperazine rings is 1. The number of thiophene rings is 1. The van der Waals surface area contributed by atoms with E-state index in [1.807, 2.05) is 12.3 Å². The van der Waals surface area contributed by atoms with Crippen LogP contribution < -0.4 is 9.80 Å². The van der Waals surface area contributed by atoms with Crippen LogP contribution in [0.1, 0.15) is 0 Å². The molecule has 0 aliphatic carbocycles. The molecule has 0 spiro atoms. The maximum atomic E-state index is 4.58. The molecule has 2 aromatic rings. The molecule has 1 fully saturated rings. The smallest absolute Gasteiger partial charge is 0.227 e. The van der Waals surface area contributed by atoms with Crippen LogP contribution in [0, 0.1) is 5.38 Å². The summed E-state index contributed by atoms with van der Waals surface area (Å²) < 4.78 is 0.927. The van der Waals surface area contributed by atoms with Crippen molar-refractivity contribution in [1.82, 2.24) is 14.8 Å². The molecule has 0 unspecified atom stereocenters. The molecule has 1 N–H and O–H groups in total. The van der Waals surface area contributed by atoms with Gasteiger partial charge in [0.25, 0.3) is 0 Å². The Balaban J connectivity index is 1.95. The third-order valence-corrected chi connectivity index (χ3v) is 4.46. The van der Waals surface area contributed by atoms with Crippen molar-refractivity contribution in [2.75, 3.05) is 33.2 Å². The molecule has 0 atom stereocenters. The lowest BCUT2D eigenvalue weighted by Gasteiger charge is -2.36.